The van der Waals surface area contributed by atoms with Crippen LogP contribution in [-0.4, -0.2) is 43.1 Å². The first kappa shape index (κ1) is 20.4. The molecule has 1 aliphatic heterocycles. The number of fused-ring (bicyclic) bond motifs is 1. The largest absolute Gasteiger partial charge is 0.438 e. The standard InChI is InChI=1S/C25H30N4O/c1-16-19(14-26)21-23(30-24(27-21)25(2,3)4)22(20(16)17-10-8-7-9-11-17)29-13-12-18(15-29)28(5)6/h7-11,18H,12-13,15H2,1-6H3/t18-/m0/s1. The van der Waals surface area contributed by atoms with Crippen molar-refractivity contribution in [1.29, 1.82) is 5.26 Å². The molecule has 3 aromatic rings. The molecule has 0 radical (unpaired) electrons. The lowest BCUT2D eigenvalue weighted by atomic mass is 9.93. The molecule has 0 N–H and O–H groups in total. The summed E-state index contributed by atoms with van der Waals surface area (Å²) in [5.41, 5.74) is 6.01. The summed E-state index contributed by atoms with van der Waals surface area (Å²) >= 11 is 0. The number of nitriles is 1. The van der Waals surface area contributed by atoms with E-state index in [1.165, 1.54) is 0 Å². The maximum Gasteiger partial charge on any atom is 0.201 e. The van der Waals surface area contributed by atoms with Gasteiger partial charge in [0.25, 0.3) is 0 Å². The molecule has 30 heavy (non-hydrogen) atoms. The van der Waals surface area contributed by atoms with Gasteiger partial charge in [0.15, 0.2) is 5.58 Å². The molecule has 0 amide bonds. The SMILES string of the molecule is Cc1c(-c2ccccc2)c(N2CC[C@H](N(C)C)C2)c2oc(C(C)(C)C)nc2c1C#N. The van der Waals surface area contributed by atoms with Crippen LogP contribution in [0.3, 0.4) is 0 Å². The monoisotopic (exact) mass is 402 g/mol. The Bertz CT molecular complexity index is 1120. The molecular formula is C25H30N4O. The maximum absolute atomic E-state index is 10.0. The van der Waals surface area contributed by atoms with Crippen molar-refractivity contribution >= 4 is 16.8 Å². The molecule has 0 unspecified atom stereocenters. The Morgan fingerprint density at radius 3 is 2.47 bits per heavy atom. The van der Waals surface area contributed by atoms with Gasteiger partial charge in [0.1, 0.15) is 11.6 Å². The van der Waals surface area contributed by atoms with Gasteiger partial charge in [0.2, 0.25) is 5.89 Å². The summed E-state index contributed by atoms with van der Waals surface area (Å²) in [4.78, 5) is 9.52. The minimum atomic E-state index is -0.235. The van der Waals surface area contributed by atoms with Gasteiger partial charge in [-0.15, -0.1) is 0 Å². The third-order valence-corrected chi connectivity index (χ3v) is 6.09. The van der Waals surface area contributed by atoms with Crippen molar-refractivity contribution in [3.05, 3.63) is 47.3 Å². The second-order valence-electron chi connectivity index (χ2n) is 9.50. The van der Waals surface area contributed by atoms with Crippen molar-refractivity contribution in [3.63, 3.8) is 0 Å². The minimum absolute atomic E-state index is 0.235. The van der Waals surface area contributed by atoms with E-state index in [2.05, 4.69) is 62.9 Å². The maximum atomic E-state index is 10.0. The molecular weight excluding hydrogens is 372 g/mol. The Kier molecular flexibility index (Phi) is 5.07. The van der Waals surface area contributed by atoms with E-state index in [0.29, 0.717) is 23.0 Å². The van der Waals surface area contributed by atoms with E-state index < -0.39 is 0 Å². The quantitative estimate of drug-likeness (QED) is 0.609. The second kappa shape index (κ2) is 7.45. The predicted molar refractivity (Wildman–Crippen MR) is 122 cm³/mol. The molecule has 5 heteroatoms. The molecule has 4 rings (SSSR count). The van der Waals surface area contributed by atoms with E-state index in [1.54, 1.807) is 0 Å². The van der Waals surface area contributed by atoms with E-state index in [9.17, 15) is 5.26 Å². The first-order valence-electron chi connectivity index (χ1n) is 10.6. The van der Waals surface area contributed by atoms with Crippen molar-refractivity contribution in [2.45, 2.75) is 45.6 Å². The van der Waals surface area contributed by atoms with Gasteiger partial charge in [0, 0.05) is 30.1 Å². The zero-order chi connectivity index (χ0) is 21.6. The summed E-state index contributed by atoms with van der Waals surface area (Å²) in [6, 6.07) is 13.2. The zero-order valence-corrected chi connectivity index (χ0v) is 18.8. The highest BCUT2D eigenvalue weighted by molar-refractivity contribution is 6.02. The van der Waals surface area contributed by atoms with Gasteiger partial charge >= 0.3 is 0 Å². The fourth-order valence-corrected chi connectivity index (χ4v) is 4.33. The fourth-order valence-electron chi connectivity index (χ4n) is 4.33. The second-order valence-corrected chi connectivity index (χ2v) is 9.50. The summed E-state index contributed by atoms with van der Waals surface area (Å²) in [5, 5.41) is 10.0. The summed E-state index contributed by atoms with van der Waals surface area (Å²) in [7, 11) is 4.27. The molecule has 2 aromatic carbocycles. The Balaban J connectivity index is 2.05. The average Bonchev–Trinajstić information content (AvgIpc) is 3.35. The number of hydrogen-bond donors (Lipinski definition) is 0. The lowest BCUT2D eigenvalue weighted by molar-refractivity contribution is 0.315. The van der Waals surface area contributed by atoms with Gasteiger partial charge in [-0.1, -0.05) is 51.1 Å². The lowest BCUT2D eigenvalue weighted by Crippen LogP contribution is -2.31. The molecule has 1 aliphatic rings. The predicted octanol–water partition coefficient (Wildman–Crippen LogP) is 5.11. The van der Waals surface area contributed by atoms with Gasteiger partial charge in [-0.2, -0.15) is 5.26 Å². The van der Waals surface area contributed by atoms with Crippen molar-refractivity contribution in [1.82, 2.24) is 9.88 Å². The number of nitrogens with zero attached hydrogens (tertiary/aromatic N) is 4. The minimum Gasteiger partial charge on any atom is -0.438 e. The molecule has 1 fully saturated rings. The van der Waals surface area contributed by atoms with Gasteiger partial charge in [-0.25, -0.2) is 4.98 Å². The van der Waals surface area contributed by atoms with Crippen LogP contribution in [0.15, 0.2) is 34.7 Å². The average molecular weight is 403 g/mol. The number of anilines is 1. The highest BCUT2D eigenvalue weighted by Crippen LogP contribution is 2.45. The highest BCUT2D eigenvalue weighted by Gasteiger charge is 2.33. The lowest BCUT2D eigenvalue weighted by Gasteiger charge is -2.25. The first-order valence-corrected chi connectivity index (χ1v) is 10.6. The van der Waals surface area contributed by atoms with Gasteiger partial charge in [-0.05, 0) is 38.6 Å². The molecule has 0 saturated carbocycles. The molecule has 2 heterocycles. The van der Waals surface area contributed by atoms with Crippen LogP contribution in [0.25, 0.3) is 22.2 Å². The summed E-state index contributed by atoms with van der Waals surface area (Å²) in [5.74, 6) is 0.670. The molecule has 0 bridgehead atoms. The Labute approximate surface area is 178 Å². The van der Waals surface area contributed by atoms with Crippen LogP contribution < -0.4 is 4.90 Å². The summed E-state index contributed by atoms with van der Waals surface area (Å²) in [6.07, 6.45) is 1.10. The Morgan fingerprint density at radius 1 is 1.20 bits per heavy atom. The fraction of sp³-hybridized carbons (Fsp3) is 0.440. The smallest absolute Gasteiger partial charge is 0.201 e. The van der Waals surface area contributed by atoms with Crippen LogP contribution >= 0.6 is 0 Å². The number of rotatable bonds is 3. The number of oxazole rings is 1. The van der Waals surface area contributed by atoms with Crippen LogP contribution in [0.5, 0.6) is 0 Å². The van der Waals surface area contributed by atoms with E-state index in [-0.39, 0.29) is 5.41 Å². The zero-order valence-electron chi connectivity index (χ0n) is 18.8. The van der Waals surface area contributed by atoms with E-state index in [4.69, 9.17) is 9.40 Å². The molecule has 1 atom stereocenters. The number of aromatic nitrogens is 1. The molecule has 1 saturated heterocycles. The van der Waals surface area contributed by atoms with Gasteiger partial charge < -0.3 is 14.2 Å². The Morgan fingerprint density at radius 2 is 1.90 bits per heavy atom. The van der Waals surface area contributed by atoms with Crippen LogP contribution in [0, 0.1) is 18.3 Å². The van der Waals surface area contributed by atoms with Crippen molar-refractivity contribution < 1.29 is 4.42 Å². The van der Waals surface area contributed by atoms with Crippen LogP contribution in [0.2, 0.25) is 0 Å². The van der Waals surface area contributed by atoms with Crippen molar-refractivity contribution in [2.75, 3.05) is 32.1 Å². The van der Waals surface area contributed by atoms with Crippen LogP contribution in [0.4, 0.5) is 5.69 Å². The van der Waals surface area contributed by atoms with E-state index in [1.807, 2.05) is 25.1 Å². The van der Waals surface area contributed by atoms with Gasteiger partial charge in [-0.3, -0.25) is 0 Å². The van der Waals surface area contributed by atoms with Crippen molar-refractivity contribution in [3.8, 4) is 17.2 Å². The molecule has 0 spiro atoms. The topological polar surface area (TPSA) is 56.3 Å². The Hall–Kier alpha value is -2.84. The first-order chi connectivity index (χ1) is 14.2. The van der Waals surface area contributed by atoms with Crippen LogP contribution in [0.1, 0.15) is 44.2 Å². The molecule has 156 valence electrons. The normalized spacial score (nSPS) is 17.1. The molecule has 1 aromatic heterocycles. The molecule has 0 aliphatic carbocycles. The summed E-state index contributed by atoms with van der Waals surface area (Å²) < 4.78 is 6.41. The molecule has 5 nitrogen and oxygen atoms in total. The number of likely N-dealkylation sites (N-methyl/N-ethyl adjacent to an activating group) is 1. The number of hydrogen-bond acceptors (Lipinski definition) is 5. The third-order valence-electron chi connectivity index (χ3n) is 6.09. The van der Waals surface area contributed by atoms with Crippen LogP contribution in [-0.2, 0) is 5.41 Å². The van der Waals surface area contributed by atoms with Gasteiger partial charge in [0.05, 0.1) is 11.3 Å². The summed E-state index contributed by atoms with van der Waals surface area (Å²) in [6.45, 7) is 10.2. The third kappa shape index (κ3) is 3.36. The van der Waals surface area contributed by atoms with Crippen molar-refractivity contribution in [2.24, 2.45) is 0 Å². The highest BCUT2D eigenvalue weighted by atomic mass is 16.4. The number of benzene rings is 2. The van der Waals surface area contributed by atoms with E-state index in [0.717, 1.165) is 47.5 Å². The van der Waals surface area contributed by atoms with E-state index >= 15 is 0 Å².